The van der Waals surface area contributed by atoms with E-state index >= 15 is 0 Å². The molecule has 0 bridgehead atoms. The number of carbonyl (C=O) groups is 1. The lowest BCUT2D eigenvalue weighted by Crippen LogP contribution is -2.38. The third kappa shape index (κ3) is 6.51. The first-order valence-electron chi connectivity index (χ1n) is 8.92. The lowest BCUT2D eigenvalue weighted by atomic mass is 9.87. The maximum atomic E-state index is 12.1. The number of benzene rings is 1. The molecule has 23 heavy (non-hydrogen) atoms. The van der Waals surface area contributed by atoms with Gasteiger partial charge in [-0.05, 0) is 42.9 Å². The molecule has 0 saturated heterocycles. The summed E-state index contributed by atoms with van der Waals surface area (Å²) < 4.78 is 0. The fraction of sp³-hybridized carbons (Fsp3) is 0.632. The summed E-state index contributed by atoms with van der Waals surface area (Å²) in [7, 11) is 1.89. The molecule has 0 heterocycles. The van der Waals surface area contributed by atoms with Crippen LogP contribution in [0.25, 0.3) is 0 Å². The number of carbonyl (C=O) groups excluding carboxylic acids is 1. The van der Waals surface area contributed by atoms with Gasteiger partial charge in [-0.1, -0.05) is 44.2 Å². The average molecular weight is 318 g/mol. The third-order valence-corrected chi connectivity index (χ3v) is 4.80. The Balaban J connectivity index is 1.57. The first-order chi connectivity index (χ1) is 11.1. The van der Waals surface area contributed by atoms with Crippen molar-refractivity contribution >= 4 is 6.03 Å². The van der Waals surface area contributed by atoms with E-state index in [4.69, 9.17) is 0 Å². The summed E-state index contributed by atoms with van der Waals surface area (Å²) in [4.78, 5) is 13.9. The van der Waals surface area contributed by atoms with Crippen molar-refractivity contribution in [3.8, 4) is 5.75 Å². The van der Waals surface area contributed by atoms with E-state index in [1.165, 1.54) is 37.7 Å². The van der Waals surface area contributed by atoms with Crippen molar-refractivity contribution in [3.05, 3.63) is 29.8 Å². The normalized spacial score (nSPS) is 15.3. The summed E-state index contributed by atoms with van der Waals surface area (Å²) in [5.74, 6) is 1.11. The van der Waals surface area contributed by atoms with Crippen LogP contribution >= 0.6 is 0 Å². The van der Waals surface area contributed by atoms with E-state index in [-0.39, 0.29) is 6.03 Å². The van der Waals surface area contributed by atoms with Crippen LogP contribution in [0.2, 0.25) is 0 Å². The first kappa shape index (κ1) is 17.6. The molecule has 0 radical (unpaired) electrons. The number of phenols is 1. The Labute approximate surface area is 139 Å². The smallest absolute Gasteiger partial charge is 0.317 e. The van der Waals surface area contributed by atoms with E-state index in [1.54, 1.807) is 12.1 Å². The molecule has 4 heteroatoms. The lowest BCUT2D eigenvalue weighted by Gasteiger charge is -2.24. The van der Waals surface area contributed by atoms with Crippen molar-refractivity contribution < 1.29 is 9.90 Å². The van der Waals surface area contributed by atoms with E-state index in [2.05, 4.69) is 5.32 Å². The zero-order chi connectivity index (χ0) is 16.5. The summed E-state index contributed by atoms with van der Waals surface area (Å²) in [6.45, 7) is 1.54. The highest BCUT2D eigenvalue weighted by molar-refractivity contribution is 5.73. The molecule has 1 fully saturated rings. The predicted molar refractivity (Wildman–Crippen MR) is 93.6 cm³/mol. The molecule has 128 valence electrons. The molecule has 0 unspecified atom stereocenters. The van der Waals surface area contributed by atoms with Gasteiger partial charge in [0.05, 0.1) is 0 Å². The molecule has 0 aliphatic heterocycles. The summed E-state index contributed by atoms with van der Waals surface area (Å²) in [5, 5.41) is 12.2. The van der Waals surface area contributed by atoms with Crippen LogP contribution in [0.4, 0.5) is 4.79 Å². The van der Waals surface area contributed by atoms with Crippen molar-refractivity contribution in [3.63, 3.8) is 0 Å². The molecule has 2 amide bonds. The number of hydrogen-bond donors (Lipinski definition) is 2. The fourth-order valence-corrected chi connectivity index (χ4v) is 3.24. The van der Waals surface area contributed by atoms with Gasteiger partial charge >= 0.3 is 6.03 Å². The highest BCUT2D eigenvalue weighted by Gasteiger charge is 2.15. The van der Waals surface area contributed by atoms with E-state index < -0.39 is 0 Å². The SMILES string of the molecule is CN(CCC1CCCCC1)C(=O)NCCCc1ccc(O)cc1. The Kier molecular flexibility index (Phi) is 7.24. The molecule has 1 saturated carbocycles. The van der Waals surface area contributed by atoms with E-state index in [0.29, 0.717) is 12.3 Å². The number of aryl methyl sites for hydroxylation is 1. The molecule has 1 aromatic carbocycles. The minimum absolute atomic E-state index is 0.0338. The Bertz CT molecular complexity index is 467. The maximum Gasteiger partial charge on any atom is 0.317 e. The Hall–Kier alpha value is -1.71. The van der Waals surface area contributed by atoms with Gasteiger partial charge in [0.25, 0.3) is 0 Å². The van der Waals surface area contributed by atoms with Crippen LogP contribution in [-0.4, -0.2) is 36.2 Å². The van der Waals surface area contributed by atoms with Crippen LogP contribution in [0.5, 0.6) is 5.75 Å². The molecule has 0 spiro atoms. The third-order valence-electron chi connectivity index (χ3n) is 4.80. The summed E-state index contributed by atoms with van der Waals surface area (Å²) in [6.07, 6.45) is 9.73. The minimum Gasteiger partial charge on any atom is -0.508 e. The molecule has 4 nitrogen and oxygen atoms in total. The van der Waals surface area contributed by atoms with Crippen molar-refractivity contribution in [2.24, 2.45) is 5.92 Å². The number of rotatable bonds is 7. The average Bonchev–Trinajstić information content (AvgIpc) is 2.59. The summed E-state index contributed by atoms with van der Waals surface area (Å²) >= 11 is 0. The molecule has 0 atom stereocenters. The Morgan fingerprint density at radius 3 is 2.61 bits per heavy atom. The van der Waals surface area contributed by atoms with Crippen LogP contribution in [0.3, 0.4) is 0 Å². The number of urea groups is 1. The van der Waals surface area contributed by atoms with Gasteiger partial charge in [0.1, 0.15) is 5.75 Å². The van der Waals surface area contributed by atoms with Gasteiger partial charge in [0.2, 0.25) is 0 Å². The first-order valence-corrected chi connectivity index (χ1v) is 8.92. The molecule has 2 N–H and O–H groups in total. The highest BCUT2D eigenvalue weighted by atomic mass is 16.3. The van der Waals surface area contributed by atoms with E-state index in [1.807, 2.05) is 24.1 Å². The quantitative estimate of drug-likeness (QED) is 0.748. The zero-order valence-electron chi connectivity index (χ0n) is 14.3. The van der Waals surface area contributed by atoms with Gasteiger partial charge in [-0.2, -0.15) is 0 Å². The molecule has 1 aliphatic rings. The van der Waals surface area contributed by atoms with Crippen molar-refractivity contribution in [1.82, 2.24) is 10.2 Å². The second-order valence-electron chi connectivity index (χ2n) is 6.72. The second kappa shape index (κ2) is 9.43. The largest absolute Gasteiger partial charge is 0.508 e. The predicted octanol–water partition coefficient (Wildman–Crippen LogP) is 3.94. The van der Waals surface area contributed by atoms with E-state index in [9.17, 15) is 9.90 Å². The summed E-state index contributed by atoms with van der Waals surface area (Å²) in [6, 6.07) is 7.28. The second-order valence-corrected chi connectivity index (χ2v) is 6.72. The number of hydrogen-bond acceptors (Lipinski definition) is 2. The fourth-order valence-electron chi connectivity index (χ4n) is 3.24. The van der Waals surface area contributed by atoms with Gasteiger partial charge < -0.3 is 15.3 Å². The monoisotopic (exact) mass is 318 g/mol. The molecule has 1 aliphatic carbocycles. The molecule has 2 rings (SSSR count). The van der Waals surface area contributed by atoms with Crippen LogP contribution in [0.15, 0.2) is 24.3 Å². The number of nitrogens with zero attached hydrogens (tertiary/aromatic N) is 1. The number of phenolic OH excluding ortho intramolecular Hbond substituents is 1. The minimum atomic E-state index is 0.0338. The molecular formula is C19H30N2O2. The number of amides is 2. The van der Waals surface area contributed by atoms with Crippen LogP contribution in [0.1, 0.15) is 50.5 Å². The van der Waals surface area contributed by atoms with Gasteiger partial charge in [0, 0.05) is 20.1 Å². The van der Waals surface area contributed by atoms with Gasteiger partial charge in [-0.15, -0.1) is 0 Å². The van der Waals surface area contributed by atoms with E-state index in [0.717, 1.165) is 31.7 Å². The Morgan fingerprint density at radius 2 is 1.91 bits per heavy atom. The zero-order valence-corrected chi connectivity index (χ0v) is 14.3. The lowest BCUT2D eigenvalue weighted by molar-refractivity contribution is 0.202. The van der Waals surface area contributed by atoms with Gasteiger partial charge in [-0.3, -0.25) is 0 Å². The topological polar surface area (TPSA) is 52.6 Å². The molecular weight excluding hydrogens is 288 g/mol. The van der Waals surface area contributed by atoms with Gasteiger partial charge in [0.15, 0.2) is 0 Å². The Morgan fingerprint density at radius 1 is 1.22 bits per heavy atom. The number of nitrogens with one attached hydrogen (secondary N) is 1. The van der Waals surface area contributed by atoms with Gasteiger partial charge in [-0.25, -0.2) is 4.79 Å². The van der Waals surface area contributed by atoms with Crippen molar-refractivity contribution in [2.75, 3.05) is 20.1 Å². The van der Waals surface area contributed by atoms with Crippen molar-refractivity contribution in [2.45, 2.75) is 51.4 Å². The molecule has 1 aromatic rings. The van der Waals surface area contributed by atoms with Crippen LogP contribution in [0, 0.1) is 5.92 Å². The standard InChI is InChI=1S/C19H30N2O2/c1-21(15-13-16-6-3-2-4-7-16)19(23)20-14-5-8-17-9-11-18(22)12-10-17/h9-12,16,22H,2-8,13-15H2,1H3,(H,20,23). The highest BCUT2D eigenvalue weighted by Crippen LogP contribution is 2.26. The van der Waals surface area contributed by atoms with Crippen molar-refractivity contribution in [1.29, 1.82) is 0 Å². The molecule has 0 aromatic heterocycles. The number of aromatic hydroxyl groups is 1. The van der Waals surface area contributed by atoms with Crippen LogP contribution in [-0.2, 0) is 6.42 Å². The maximum absolute atomic E-state index is 12.1. The summed E-state index contributed by atoms with van der Waals surface area (Å²) in [5.41, 5.74) is 1.18. The van der Waals surface area contributed by atoms with Crippen LogP contribution < -0.4 is 5.32 Å².